The maximum Gasteiger partial charge on any atom is 0.238 e. The third-order valence-corrected chi connectivity index (χ3v) is 4.23. The third kappa shape index (κ3) is 2.91. The van der Waals surface area contributed by atoms with Crippen LogP contribution in [0.4, 0.5) is 5.69 Å². The van der Waals surface area contributed by atoms with Gasteiger partial charge in [0.15, 0.2) is 0 Å². The summed E-state index contributed by atoms with van der Waals surface area (Å²) in [5, 5.41) is 12.5. The van der Waals surface area contributed by atoms with E-state index in [-0.39, 0.29) is 12.3 Å². The monoisotopic (exact) mass is 328 g/mol. The van der Waals surface area contributed by atoms with Crippen molar-refractivity contribution in [3.63, 3.8) is 0 Å². The van der Waals surface area contributed by atoms with Gasteiger partial charge in [0.25, 0.3) is 0 Å². The van der Waals surface area contributed by atoms with E-state index in [4.69, 9.17) is 16.9 Å². The van der Waals surface area contributed by atoms with Crippen LogP contribution in [0.3, 0.4) is 0 Å². The van der Waals surface area contributed by atoms with Crippen molar-refractivity contribution < 1.29 is 4.79 Å². The molecule has 0 aliphatic heterocycles. The van der Waals surface area contributed by atoms with Gasteiger partial charge in [-0.05, 0) is 30.3 Å². The smallest absolute Gasteiger partial charge is 0.238 e. The van der Waals surface area contributed by atoms with E-state index in [9.17, 15) is 4.79 Å². The number of carbonyl (C=O) groups excluding carboxylic acids is 1. The molecule has 0 bridgehead atoms. The van der Waals surface area contributed by atoms with Gasteiger partial charge in [-0.1, -0.05) is 22.9 Å². The number of pyridine rings is 1. The summed E-state index contributed by atoms with van der Waals surface area (Å²) in [6.45, 7) is 0. The molecule has 3 rings (SSSR count). The number of halogens is 1. The lowest BCUT2D eigenvalue weighted by molar-refractivity contribution is -0.115. The van der Waals surface area contributed by atoms with Crippen molar-refractivity contribution in [1.82, 2.24) is 9.97 Å². The van der Waals surface area contributed by atoms with Crippen molar-refractivity contribution in [2.75, 3.05) is 5.32 Å². The van der Waals surface area contributed by atoms with Crippen molar-refractivity contribution in [3.05, 3.63) is 41.6 Å². The second-order valence-electron chi connectivity index (χ2n) is 4.42. The Labute approximate surface area is 135 Å². The summed E-state index contributed by atoms with van der Waals surface area (Å²) >= 11 is 7.67. The van der Waals surface area contributed by atoms with Crippen LogP contribution in [0.2, 0.25) is 5.02 Å². The topological polar surface area (TPSA) is 78.7 Å². The first-order valence-electron chi connectivity index (χ1n) is 6.35. The lowest BCUT2D eigenvalue weighted by Gasteiger charge is -2.06. The highest BCUT2D eigenvalue weighted by Crippen LogP contribution is 2.35. The molecule has 7 heteroatoms. The summed E-state index contributed by atoms with van der Waals surface area (Å²) in [5.74, 6) is -0.360. The highest BCUT2D eigenvalue weighted by Gasteiger charge is 2.12. The first-order chi connectivity index (χ1) is 10.7. The number of carbonyl (C=O) groups is 1. The van der Waals surface area contributed by atoms with Crippen molar-refractivity contribution in [2.45, 2.75) is 6.42 Å². The predicted octanol–water partition coefficient (Wildman–Crippen LogP) is 3.86. The third-order valence-electron chi connectivity index (χ3n) is 2.89. The van der Waals surface area contributed by atoms with Crippen LogP contribution in [0.15, 0.2) is 36.5 Å². The molecule has 0 saturated heterocycles. The zero-order valence-electron chi connectivity index (χ0n) is 11.2. The number of nitrogens with zero attached hydrogens (tertiary/aromatic N) is 3. The second kappa shape index (κ2) is 6.10. The Kier molecular flexibility index (Phi) is 4.00. The van der Waals surface area contributed by atoms with Gasteiger partial charge in [-0.2, -0.15) is 5.26 Å². The molecule has 0 spiro atoms. The van der Waals surface area contributed by atoms with E-state index in [1.54, 1.807) is 30.5 Å². The predicted molar refractivity (Wildman–Crippen MR) is 86.7 cm³/mol. The molecule has 0 fully saturated rings. The SMILES string of the molecule is N#CCC(=O)Nc1ccc(Cl)c(-c2nc3cccnc3s2)c1. The summed E-state index contributed by atoms with van der Waals surface area (Å²) < 4.78 is 0. The number of fused-ring (bicyclic) bond motifs is 1. The summed E-state index contributed by atoms with van der Waals surface area (Å²) in [4.78, 5) is 21.1. The first-order valence-corrected chi connectivity index (χ1v) is 7.55. The Morgan fingerprint density at radius 3 is 3.05 bits per heavy atom. The number of anilines is 1. The second-order valence-corrected chi connectivity index (χ2v) is 5.81. The van der Waals surface area contributed by atoms with Crippen molar-refractivity contribution in [2.24, 2.45) is 0 Å². The molecule has 0 radical (unpaired) electrons. The van der Waals surface area contributed by atoms with E-state index in [1.807, 2.05) is 12.1 Å². The van der Waals surface area contributed by atoms with Crippen LogP contribution in [0.25, 0.3) is 20.9 Å². The fraction of sp³-hybridized carbons (Fsp3) is 0.0667. The molecule has 2 aromatic heterocycles. The van der Waals surface area contributed by atoms with Gasteiger partial charge in [0, 0.05) is 17.4 Å². The fourth-order valence-electron chi connectivity index (χ4n) is 1.93. The molecule has 2 heterocycles. The molecule has 5 nitrogen and oxygen atoms in total. The lowest BCUT2D eigenvalue weighted by Crippen LogP contribution is -2.10. The van der Waals surface area contributed by atoms with E-state index < -0.39 is 0 Å². The number of nitrogens with one attached hydrogen (secondary N) is 1. The number of hydrogen-bond acceptors (Lipinski definition) is 5. The van der Waals surface area contributed by atoms with Crippen molar-refractivity contribution in [3.8, 4) is 16.6 Å². The van der Waals surface area contributed by atoms with E-state index in [0.29, 0.717) is 10.7 Å². The molecular formula is C15H9ClN4OS. The summed E-state index contributed by atoms with van der Waals surface area (Å²) in [5.41, 5.74) is 2.10. The van der Waals surface area contributed by atoms with Crippen molar-refractivity contribution >= 4 is 44.9 Å². The average molecular weight is 329 g/mol. The largest absolute Gasteiger partial charge is 0.325 e. The van der Waals surface area contributed by atoms with Crippen molar-refractivity contribution in [1.29, 1.82) is 5.26 Å². The van der Waals surface area contributed by atoms with Crippen LogP contribution in [0, 0.1) is 11.3 Å². The Hall–Kier alpha value is -2.49. The van der Waals surface area contributed by atoms with E-state index in [2.05, 4.69) is 15.3 Å². The molecule has 1 aromatic carbocycles. The molecule has 0 saturated carbocycles. The first kappa shape index (κ1) is 14.4. The number of thiazole rings is 1. The number of aromatic nitrogens is 2. The van der Waals surface area contributed by atoms with Gasteiger partial charge in [-0.15, -0.1) is 0 Å². The Morgan fingerprint density at radius 1 is 1.41 bits per heavy atom. The molecule has 0 atom stereocenters. The molecule has 3 aromatic rings. The molecule has 0 unspecified atom stereocenters. The van der Waals surface area contributed by atoms with Crippen LogP contribution in [0.5, 0.6) is 0 Å². The quantitative estimate of drug-likeness (QED) is 0.791. The van der Waals surface area contributed by atoms with Gasteiger partial charge in [0.05, 0.1) is 11.1 Å². The molecular weight excluding hydrogens is 320 g/mol. The molecule has 108 valence electrons. The van der Waals surface area contributed by atoms with E-state index in [0.717, 1.165) is 20.9 Å². The zero-order valence-corrected chi connectivity index (χ0v) is 12.8. The van der Waals surface area contributed by atoms with Gasteiger partial charge in [0.1, 0.15) is 21.8 Å². The molecule has 1 amide bonds. The van der Waals surface area contributed by atoms with Gasteiger partial charge in [-0.25, -0.2) is 9.97 Å². The lowest BCUT2D eigenvalue weighted by atomic mass is 10.2. The number of hydrogen-bond donors (Lipinski definition) is 1. The molecule has 0 aliphatic rings. The Morgan fingerprint density at radius 2 is 2.27 bits per heavy atom. The molecule has 0 aliphatic carbocycles. The Balaban J connectivity index is 1.99. The summed E-state index contributed by atoms with van der Waals surface area (Å²) in [7, 11) is 0. The average Bonchev–Trinajstić information content (AvgIpc) is 2.93. The van der Waals surface area contributed by atoms with Gasteiger partial charge in [0.2, 0.25) is 5.91 Å². The normalized spacial score (nSPS) is 10.4. The maximum atomic E-state index is 11.5. The molecule has 1 N–H and O–H groups in total. The Bertz CT molecular complexity index is 867. The minimum atomic E-state index is -0.360. The van der Waals surface area contributed by atoms with Crippen LogP contribution in [-0.4, -0.2) is 15.9 Å². The minimum absolute atomic E-state index is 0.191. The van der Waals surface area contributed by atoms with E-state index >= 15 is 0 Å². The highest BCUT2D eigenvalue weighted by atomic mass is 35.5. The van der Waals surface area contributed by atoms with Gasteiger partial charge < -0.3 is 5.32 Å². The van der Waals surface area contributed by atoms with Gasteiger partial charge in [-0.3, -0.25) is 4.79 Å². The number of amides is 1. The van der Waals surface area contributed by atoms with Crippen LogP contribution in [0.1, 0.15) is 6.42 Å². The maximum absolute atomic E-state index is 11.5. The minimum Gasteiger partial charge on any atom is -0.325 e. The summed E-state index contributed by atoms with van der Waals surface area (Å²) in [6, 6.07) is 10.6. The van der Waals surface area contributed by atoms with Crippen LogP contribution in [-0.2, 0) is 4.79 Å². The standard InChI is InChI=1S/C15H9ClN4OS/c16-11-4-3-9(19-13(21)5-6-17)8-10(11)14-20-12-2-1-7-18-15(12)22-14/h1-4,7-8H,5H2,(H,19,21). The summed E-state index contributed by atoms with van der Waals surface area (Å²) in [6.07, 6.45) is 1.52. The number of benzene rings is 1. The zero-order chi connectivity index (χ0) is 15.5. The van der Waals surface area contributed by atoms with Crippen LogP contribution >= 0.6 is 22.9 Å². The van der Waals surface area contributed by atoms with Crippen LogP contribution < -0.4 is 5.32 Å². The molecule has 22 heavy (non-hydrogen) atoms. The fourth-order valence-corrected chi connectivity index (χ4v) is 3.13. The number of rotatable bonds is 3. The highest BCUT2D eigenvalue weighted by molar-refractivity contribution is 7.21. The number of nitriles is 1. The van der Waals surface area contributed by atoms with E-state index in [1.165, 1.54) is 11.3 Å². The van der Waals surface area contributed by atoms with Gasteiger partial charge >= 0.3 is 0 Å².